The molecule has 2 fully saturated rings. The zero-order valence-corrected chi connectivity index (χ0v) is 22.1. The van der Waals surface area contributed by atoms with Gasteiger partial charge in [0, 0.05) is 23.0 Å². The standard InChI is InChI=1S/C29H32N4O4/c1-14-7-9-16(3)22-20(14)28(11-18(5)24(34)30-28)26(36)32(22)13-33-23-17(4)10-8-15(2)21(23)29(27(33)37)12-19(6)25(35)31-29/h7-10,18-19H,11-13H2,1-6H3,(H,30,34)(H,31,35). The lowest BCUT2D eigenvalue weighted by Crippen LogP contribution is -2.54. The molecule has 2 N–H and O–H groups in total. The van der Waals surface area contributed by atoms with Crippen LogP contribution in [0.2, 0.25) is 0 Å². The summed E-state index contributed by atoms with van der Waals surface area (Å²) in [7, 11) is 0. The Morgan fingerprint density at radius 1 is 0.676 bits per heavy atom. The Kier molecular flexibility index (Phi) is 4.76. The minimum Gasteiger partial charge on any atom is -0.338 e. The van der Waals surface area contributed by atoms with Crippen LogP contribution in [0.15, 0.2) is 24.3 Å². The van der Waals surface area contributed by atoms with Gasteiger partial charge in [-0.1, -0.05) is 38.1 Å². The molecule has 0 aliphatic carbocycles. The van der Waals surface area contributed by atoms with E-state index in [0.29, 0.717) is 12.8 Å². The first-order chi connectivity index (χ1) is 17.4. The summed E-state index contributed by atoms with van der Waals surface area (Å²) in [6.07, 6.45) is 0.747. The van der Waals surface area contributed by atoms with E-state index in [1.54, 1.807) is 9.80 Å². The lowest BCUT2D eigenvalue weighted by Gasteiger charge is -2.30. The zero-order chi connectivity index (χ0) is 26.6. The normalized spacial score (nSPS) is 30.0. The molecule has 4 atom stereocenters. The van der Waals surface area contributed by atoms with E-state index < -0.39 is 11.1 Å². The first-order valence-corrected chi connectivity index (χ1v) is 12.9. The van der Waals surface area contributed by atoms with E-state index in [9.17, 15) is 19.2 Å². The molecule has 0 radical (unpaired) electrons. The number of fused-ring (bicyclic) bond motifs is 4. The number of aryl methyl sites for hydroxylation is 4. The minimum atomic E-state index is -1.14. The van der Waals surface area contributed by atoms with Gasteiger partial charge in [-0.2, -0.15) is 0 Å². The molecule has 4 aliphatic heterocycles. The van der Waals surface area contributed by atoms with Crippen molar-refractivity contribution < 1.29 is 19.2 Å². The Bertz CT molecular complexity index is 1340. The zero-order valence-electron chi connectivity index (χ0n) is 22.1. The number of rotatable bonds is 2. The van der Waals surface area contributed by atoms with Crippen LogP contribution in [0.3, 0.4) is 0 Å². The second-order valence-corrected chi connectivity index (χ2v) is 11.5. The van der Waals surface area contributed by atoms with Gasteiger partial charge >= 0.3 is 0 Å². The highest BCUT2D eigenvalue weighted by molar-refractivity contribution is 6.16. The fourth-order valence-electron chi connectivity index (χ4n) is 7.14. The summed E-state index contributed by atoms with van der Waals surface area (Å²) in [5, 5.41) is 6.06. The van der Waals surface area contributed by atoms with Crippen LogP contribution in [-0.2, 0) is 30.3 Å². The van der Waals surface area contributed by atoms with Crippen LogP contribution in [0.1, 0.15) is 60.1 Å². The summed E-state index contributed by atoms with van der Waals surface area (Å²) in [6.45, 7) is 11.5. The van der Waals surface area contributed by atoms with Crippen molar-refractivity contribution in [2.24, 2.45) is 11.8 Å². The second kappa shape index (κ2) is 7.43. The van der Waals surface area contributed by atoms with Crippen molar-refractivity contribution in [3.05, 3.63) is 57.6 Å². The molecule has 192 valence electrons. The van der Waals surface area contributed by atoms with E-state index >= 15 is 0 Å². The second-order valence-electron chi connectivity index (χ2n) is 11.5. The Morgan fingerprint density at radius 2 is 1.03 bits per heavy atom. The van der Waals surface area contributed by atoms with E-state index in [4.69, 9.17) is 0 Å². The van der Waals surface area contributed by atoms with Crippen LogP contribution in [0, 0.1) is 39.5 Å². The molecular formula is C29H32N4O4. The van der Waals surface area contributed by atoms with Crippen LogP contribution in [0.4, 0.5) is 11.4 Å². The van der Waals surface area contributed by atoms with Gasteiger partial charge < -0.3 is 10.6 Å². The number of anilines is 2. The van der Waals surface area contributed by atoms with Gasteiger partial charge in [-0.25, -0.2) is 0 Å². The number of hydrogen-bond donors (Lipinski definition) is 2. The SMILES string of the molecule is Cc1ccc(C)c2c1N(CN1C(=O)C3(CC(C)C(=O)N3)c3c(C)ccc(C)c31)C(=O)C21CC(C)C(=O)N1. The first kappa shape index (κ1) is 23.7. The first-order valence-electron chi connectivity index (χ1n) is 12.9. The van der Waals surface area contributed by atoms with Crippen molar-refractivity contribution in [1.82, 2.24) is 10.6 Å². The maximum absolute atomic E-state index is 14.3. The Balaban J connectivity index is 1.51. The smallest absolute Gasteiger partial charge is 0.259 e. The van der Waals surface area contributed by atoms with Crippen molar-refractivity contribution in [3.63, 3.8) is 0 Å². The maximum Gasteiger partial charge on any atom is 0.259 e. The molecular weight excluding hydrogens is 468 g/mol. The fourth-order valence-corrected chi connectivity index (χ4v) is 7.14. The van der Waals surface area contributed by atoms with Crippen molar-refractivity contribution in [3.8, 4) is 0 Å². The van der Waals surface area contributed by atoms with E-state index in [-0.39, 0.29) is 42.1 Å². The summed E-state index contributed by atoms with van der Waals surface area (Å²) >= 11 is 0. The third kappa shape index (κ3) is 2.84. The number of amides is 4. The van der Waals surface area contributed by atoms with Gasteiger partial charge in [0.05, 0.1) is 11.4 Å². The third-order valence-corrected chi connectivity index (χ3v) is 8.87. The number of nitrogens with zero attached hydrogens (tertiary/aromatic N) is 2. The lowest BCUT2D eigenvalue weighted by molar-refractivity contribution is -0.129. The number of benzene rings is 2. The van der Waals surface area contributed by atoms with E-state index in [0.717, 1.165) is 44.8 Å². The molecule has 0 bridgehead atoms. The van der Waals surface area contributed by atoms with Crippen LogP contribution >= 0.6 is 0 Å². The maximum atomic E-state index is 14.3. The van der Waals surface area contributed by atoms with Crippen LogP contribution < -0.4 is 20.4 Å². The Hall–Kier alpha value is -3.68. The number of carbonyl (C=O) groups is 4. The van der Waals surface area contributed by atoms with E-state index in [1.165, 1.54) is 0 Å². The van der Waals surface area contributed by atoms with Crippen LogP contribution in [0.5, 0.6) is 0 Å². The minimum absolute atomic E-state index is 0.00422. The number of hydrogen-bond acceptors (Lipinski definition) is 4. The summed E-state index contributed by atoms with van der Waals surface area (Å²) < 4.78 is 0. The molecule has 2 saturated heterocycles. The van der Waals surface area contributed by atoms with Crippen LogP contribution in [0.25, 0.3) is 0 Å². The molecule has 2 aromatic carbocycles. The number of carbonyl (C=O) groups excluding carboxylic acids is 4. The molecule has 8 heteroatoms. The van der Waals surface area contributed by atoms with Gasteiger partial charge in [-0.3, -0.25) is 29.0 Å². The van der Waals surface area contributed by atoms with Gasteiger partial charge in [0.25, 0.3) is 11.8 Å². The van der Waals surface area contributed by atoms with Crippen LogP contribution in [-0.4, -0.2) is 30.3 Å². The molecule has 6 rings (SSSR count). The average Bonchev–Trinajstić information content (AvgIpc) is 3.47. The van der Waals surface area contributed by atoms with Crippen molar-refractivity contribution >= 4 is 35.0 Å². The lowest BCUT2D eigenvalue weighted by atomic mass is 9.84. The largest absolute Gasteiger partial charge is 0.338 e. The molecule has 2 aromatic rings. The molecule has 4 heterocycles. The fraction of sp³-hybridized carbons (Fsp3) is 0.448. The number of nitrogens with one attached hydrogen (secondary N) is 2. The molecule has 0 aromatic heterocycles. The molecule has 8 nitrogen and oxygen atoms in total. The molecule has 4 amide bonds. The highest BCUT2D eigenvalue weighted by Crippen LogP contribution is 2.53. The molecule has 0 saturated carbocycles. The van der Waals surface area contributed by atoms with Gasteiger partial charge in [-0.05, 0) is 62.8 Å². The quantitative estimate of drug-likeness (QED) is 0.662. The molecule has 4 aliphatic rings. The Morgan fingerprint density at radius 3 is 1.35 bits per heavy atom. The highest BCUT2D eigenvalue weighted by atomic mass is 16.2. The third-order valence-electron chi connectivity index (χ3n) is 8.87. The predicted octanol–water partition coefficient (Wildman–Crippen LogP) is 2.97. The Labute approximate surface area is 216 Å². The van der Waals surface area contributed by atoms with Gasteiger partial charge in [0.15, 0.2) is 0 Å². The van der Waals surface area contributed by atoms with Crippen molar-refractivity contribution in [2.45, 2.75) is 65.5 Å². The van der Waals surface area contributed by atoms with Crippen molar-refractivity contribution in [1.29, 1.82) is 0 Å². The summed E-state index contributed by atoms with van der Waals surface area (Å²) in [6, 6.07) is 7.92. The van der Waals surface area contributed by atoms with E-state index in [2.05, 4.69) is 10.6 Å². The highest BCUT2D eigenvalue weighted by Gasteiger charge is 2.61. The topological polar surface area (TPSA) is 98.8 Å². The molecule has 37 heavy (non-hydrogen) atoms. The van der Waals surface area contributed by atoms with Gasteiger partial charge in [0.2, 0.25) is 11.8 Å². The predicted molar refractivity (Wildman–Crippen MR) is 139 cm³/mol. The average molecular weight is 501 g/mol. The summed E-state index contributed by atoms with van der Waals surface area (Å²) in [4.78, 5) is 57.2. The van der Waals surface area contributed by atoms with Gasteiger partial charge in [-0.15, -0.1) is 0 Å². The van der Waals surface area contributed by atoms with Crippen molar-refractivity contribution in [2.75, 3.05) is 16.5 Å². The van der Waals surface area contributed by atoms with E-state index in [1.807, 2.05) is 65.8 Å². The monoisotopic (exact) mass is 500 g/mol. The van der Waals surface area contributed by atoms with Gasteiger partial charge in [0.1, 0.15) is 17.7 Å². The molecule has 4 unspecified atom stereocenters. The summed E-state index contributed by atoms with van der Waals surface area (Å²) in [5.74, 6) is -1.32. The molecule has 2 spiro atoms. The summed E-state index contributed by atoms with van der Waals surface area (Å²) in [5.41, 5.74) is 4.55.